The Hall–Kier alpha value is -1.36. The molecular weight excluding hydrogens is 274 g/mol. The number of amides is 1. The van der Waals surface area contributed by atoms with Gasteiger partial charge in [0.1, 0.15) is 0 Å². The summed E-state index contributed by atoms with van der Waals surface area (Å²) in [4.78, 5) is 24.8. The van der Waals surface area contributed by atoms with Gasteiger partial charge in [0.2, 0.25) is 0 Å². The van der Waals surface area contributed by atoms with Crippen LogP contribution < -0.4 is 5.32 Å². The van der Waals surface area contributed by atoms with Gasteiger partial charge in [0.15, 0.2) is 0 Å². The number of carbonyl (C=O) groups excluding carboxylic acids is 1. The lowest BCUT2D eigenvalue weighted by molar-refractivity contribution is -0.137. The molecule has 1 aliphatic carbocycles. The fourth-order valence-corrected chi connectivity index (χ4v) is 3.72. The van der Waals surface area contributed by atoms with Gasteiger partial charge in [0.05, 0.1) is 11.3 Å². The SMILES string of the molecule is CC(CC(=O)O)NC(=O)c1cc2c(s1)CCCCCC2. The first-order valence-electron chi connectivity index (χ1n) is 7.20. The highest BCUT2D eigenvalue weighted by atomic mass is 32.1. The van der Waals surface area contributed by atoms with E-state index in [2.05, 4.69) is 5.32 Å². The zero-order valence-corrected chi connectivity index (χ0v) is 12.6. The van der Waals surface area contributed by atoms with Gasteiger partial charge in [-0.25, -0.2) is 0 Å². The van der Waals surface area contributed by atoms with Crippen LogP contribution in [0.25, 0.3) is 0 Å². The van der Waals surface area contributed by atoms with Crippen molar-refractivity contribution in [1.82, 2.24) is 5.32 Å². The van der Waals surface area contributed by atoms with Crippen molar-refractivity contribution in [2.45, 2.75) is 57.9 Å². The molecule has 1 aromatic heterocycles. The Morgan fingerprint density at radius 1 is 1.30 bits per heavy atom. The van der Waals surface area contributed by atoms with Crippen LogP contribution in [0, 0.1) is 0 Å². The van der Waals surface area contributed by atoms with Crippen LogP contribution in [0.15, 0.2) is 6.07 Å². The van der Waals surface area contributed by atoms with E-state index in [4.69, 9.17) is 5.11 Å². The molecule has 1 atom stereocenters. The lowest BCUT2D eigenvalue weighted by atomic mass is 10.00. The molecule has 0 saturated carbocycles. The van der Waals surface area contributed by atoms with Crippen LogP contribution in [-0.4, -0.2) is 23.0 Å². The molecule has 0 fully saturated rings. The van der Waals surface area contributed by atoms with E-state index < -0.39 is 5.97 Å². The molecule has 4 nitrogen and oxygen atoms in total. The Morgan fingerprint density at radius 2 is 2.00 bits per heavy atom. The first-order valence-corrected chi connectivity index (χ1v) is 8.02. The van der Waals surface area contributed by atoms with Crippen LogP contribution in [0.5, 0.6) is 0 Å². The Balaban J connectivity index is 2.03. The van der Waals surface area contributed by atoms with E-state index in [9.17, 15) is 9.59 Å². The quantitative estimate of drug-likeness (QED) is 0.897. The van der Waals surface area contributed by atoms with Crippen LogP contribution >= 0.6 is 11.3 Å². The molecule has 0 spiro atoms. The molecule has 1 aromatic rings. The summed E-state index contributed by atoms with van der Waals surface area (Å²) in [5.74, 6) is -1.04. The molecule has 0 bridgehead atoms. The van der Waals surface area contributed by atoms with Crippen molar-refractivity contribution in [2.24, 2.45) is 0 Å². The minimum atomic E-state index is -0.892. The van der Waals surface area contributed by atoms with Gasteiger partial charge in [-0.2, -0.15) is 0 Å². The first-order chi connectivity index (χ1) is 9.56. The number of aryl methyl sites for hydroxylation is 2. The minimum absolute atomic E-state index is 0.0448. The summed E-state index contributed by atoms with van der Waals surface area (Å²) in [5.41, 5.74) is 1.31. The maximum atomic E-state index is 12.1. The van der Waals surface area contributed by atoms with E-state index in [0.717, 1.165) is 12.8 Å². The second-order valence-corrected chi connectivity index (χ2v) is 6.58. The minimum Gasteiger partial charge on any atom is -0.481 e. The van der Waals surface area contributed by atoms with Gasteiger partial charge in [-0.15, -0.1) is 11.3 Å². The summed E-state index contributed by atoms with van der Waals surface area (Å²) in [6, 6.07) is 1.65. The molecular formula is C15H21NO3S. The zero-order valence-electron chi connectivity index (χ0n) is 11.8. The molecule has 0 aliphatic heterocycles. The lowest BCUT2D eigenvalue weighted by Crippen LogP contribution is -2.33. The molecule has 1 amide bonds. The van der Waals surface area contributed by atoms with Gasteiger partial charge < -0.3 is 10.4 Å². The summed E-state index contributed by atoms with van der Waals surface area (Å²) >= 11 is 1.57. The number of carbonyl (C=O) groups is 2. The van der Waals surface area contributed by atoms with Crippen molar-refractivity contribution in [3.63, 3.8) is 0 Å². The number of hydrogen-bond acceptors (Lipinski definition) is 3. The van der Waals surface area contributed by atoms with Crippen molar-refractivity contribution in [1.29, 1.82) is 0 Å². The Morgan fingerprint density at radius 3 is 2.70 bits per heavy atom. The number of nitrogens with one attached hydrogen (secondary N) is 1. The van der Waals surface area contributed by atoms with Crippen LogP contribution in [0.4, 0.5) is 0 Å². The summed E-state index contributed by atoms with van der Waals surface area (Å²) in [6.07, 6.45) is 7.02. The molecule has 1 unspecified atom stereocenters. The van der Waals surface area contributed by atoms with Gasteiger partial charge in [-0.1, -0.05) is 12.8 Å². The monoisotopic (exact) mass is 295 g/mol. The standard InChI is InChI=1S/C15H21NO3S/c1-10(8-14(17)18)16-15(19)13-9-11-6-4-2-3-5-7-12(11)20-13/h9-10H,2-8H2,1H3,(H,16,19)(H,17,18). The summed E-state index contributed by atoms with van der Waals surface area (Å²) < 4.78 is 0. The molecule has 110 valence electrons. The molecule has 1 aliphatic rings. The normalized spacial score (nSPS) is 16.6. The van der Waals surface area contributed by atoms with E-state index in [-0.39, 0.29) is 18.4 Å². The molecule has 20 heavy (non-hydrogen) atoms. The molecule has 2 rings (SSSR count). The average molecular weight is 295 g/mol. The maximum absolute atomic E-state index is 12.1. The third-order valence-electron chi connectivity index (χ3n) is 3.58. The number of carboxylic acid groups (broad SMARTS) is 1. The molecule has 0 radical (unpaired) electrons. The van der Waals surface area contributed by atoms with Crippen LogP contribution in [0.1, 0.15) is 59.1 Å². The second-order valence-electron chi connectivity index (χ2n) is 5.45. The average Bonchev–Trinajstić information content (AvgIpc) is 2.70. The molecule has 0 aromatic carbocycles. The van der Waals surface area contributed by atoms with Crippen molar-refractivity contribution in [3.05, 3.63) is 21.4 Å². The largest absolute Gasteiger partial charge is 0.481 e. The topological polar surface area (TPSA) is 66.4 Å². The Kier molecular flexibility index (Phi) is 5.17. The second kappa shape index (κ2) is 6.88. The van der Waals surface area contributed by atoms with Crippen molar-refractivity contribution in [2.75, 3.05) is 0 Å². The smallest absolute Gasteiger partial charge is 0.305 e. The highest BCUT2D eigenvalue weighted by Crippen LogP contribution is 2.28. The molecule has 0 saturated heterocycles. The molecule has 1 heterocycles. The number of thiophene rings is 1. The fraction of sp³-hybridized carbons (Fsp3) is 0.600. The highest BCUT2D eigenvalue weighted by molar-refractivity contribution is 7.14. The van der Waals surface area contributed by atoms with Gasteiger partial charge in [-0.05, 0) is 44.2 Å². The van der Waals surface area contributed by atoms with Gasteiger partial charge >= 0.3 is 5.97 Å². The predicted octanol–water partition coefficient (Wildman–Crippen LogP) is 3.00. The number of rotatable bonds is 4. The van der Waals surface area contributed by atoms with Gasteiger partial charge in [0.25, 0.3) is 5.91 Å². The number of hydrogen-bond donors (Lipinski definition) is 2. The van der Waals surface area contributed by atoms with Gasteiger partial charge in [-0.3, -0.25) is 9.59 Å². The first kappa shape index (κ1) is 15.0. The van der Waals surface area contributed by atoms with E-state index in [0.29, 0.717) is 4.88 Å². The Bertz CT molecular complexity index is 470. The van der Waals surface area contributed by atoms with E-state index >= 15 is 0 Å². The maximum Gasteiger partial charge on any atom is 0.305 e. The van der Waals surface area contributed by atoms with Crippen LogP contribution in [0.2, 0.25) is 0 Å². The van der Waals surface area contributed by atoms with Crippen molar-refractivity contribution < 1.29 is 14.7 Å². The van der Waals surface area contributed by atoms with Gasteiger partial charge in [0, 0.05) is 10.9 Å². The van der Waals surface area contributed by atoms with E-state index in [1.807, 2.05) is 6.07 Å². The molecule has 2 N–H and O–H groups in total. The van der Waals surface area contributed by atoms with Crippen LogP contribution in [0.3, 0.4) is 0 Å². The van der Waals surface area contributed by atoms with E-state index in [1.54, 1.807) is 18.3 Å². The summed E-state index contributed by atoms with van der Waals surface area (Å²) in [6.45, 7) is 1.72. The third-order valence-corrected chi connectivity index (χ3v) is 4.81. The van der Waals surface area contributed by atoms with Crippen LogP contribution in [-0.2, 0) is 17.6 Å². The summed E-state index contributed by atoms with van der Waals surface area (Å²) in [5, 5.41) is 11.5. The number of carboxylic acids is 1. The number of fused-ring (bicyclic) bond motifs is 1. The predicted molar refractivity (Wildman–Crippen MR) is 79.4 cm³/mol. The lowest BCUT2D eigenvalue weighted by Gasteiger charge is -2.10. The highest BCUT2D eigenvalue weighted by Gasteiger charge is 2.18. The van der Waals surface area contributed by atoms with Crippen molar-refractivity contribution >= 4 is 23.2 Å². The van der Waals surface area contributed by atoms with E-state index in [1.165, 1.54) is 36.1 Å². The zero-order chi connectivity index (χ0) is 14.5. The van der Waals surface area contributed by atoms with Crippen molar-refractivity contribution in [3.8, 4) is 0 Å². The fourth-order valence-electron chi connectivity index (χ4n) is 2.56. The Labute approximate surface area is 123 Å². The summed E-state index contributed by atoms with van der Waals surface area (Å²) in [7, 11) is 0. The number of aliphatic carboxylic acids is 1. The molecule has 5 heteroatoms. The third kappa shape index (κ3) is 4.07.